The van der Waals surface area contributed by atoms with Gasteiger partial charge in [-0.2, -0.15) is 0 Å². The Morgan fingerprint density at radius 1 is 0.846 bits per heavy atom. The number of anilines is 2. The quantitative estimate of drug-likeness (QED) is 0.176. The Bertz CT molecular complexity index is 719. The summed E-state index contributed by atoms with van der Waals surface area (Å²) in [6.07, 6.45) is 3.17. The molecule has 1 aromatic carbocycles. The van der Waals surface area contributed by atoms with E-state index in [-0.39, 0.29) is 35.7 Å². The van der Waals surface area contributed by atoms with Gasteiger partial charge in [0, 0.05) is 11.4 Å². The Morgan fingerprint density at radius 2 is 1.23 bits per heavy atom. The number of carbonyl (C=O) groups is 4. The van der Waals surface area contributed by atoms with E-state index in [1.165, 1.54) is 24.3 Å². The summed E-state index contributed by atoms with van der Waals surface area (Å²) in [4.78, 5) is 45.7. The predicted molar refractivity (Wildman–Crippen MR) is 96.6 cm³/mol. The molecule has 0 atom stereocenters. The first-order valence-corrected chi connectivity index (χ1v) is 7.74. The maximum Gasteiger partial charge on any atom is 0.341 e. The molecular weight excluding hydrogens is 340 g/mol. The fourth-order valence-electron chi connectivity index (χ4n) is 1.96. The van der Waals surface area contributed by atoms with E-state index in [4.69, 9.17) is 20.9 Å². The van der Waals surface area contributed by atoms with Crippen LogP contribution in [0.4, 0.5) is 11.4 Å². The molecule has 0 amide bonds. The van der Waals surface area contributed by atoms with E-state index in [0.717, 1.165) is 0 Å². The summed E-state index contributed by atoms with van der Waals surface area (Å²) in [7, 11) is 0. The molecule has 8 nitrogen and oxygen atoms in total. The predicted octanol–water partition coefficient (Wildman–Crippen LogP) is 1.14. The molecule has 0 radical (unpaired) electrons. The molecule has 8 heteroatoms. The zero-order valence-corrected chi connectivity index (χ0v) is 14.5. The van der Waals surface area contributed by atoms with Crippen LogP contribution in [0.2, 0.25) is 0 Å². The zero-order valence-electron chi connectivity index (χ0n) is 14.5. The minimum absolute atomic E-state index is 0.109. The Hall–Kier alpha value is -3.42. The zero-order chi connectivity index (χ0) is 19.7. The topological polar surface area (TPSA) is 139 Å². The van der Waals surface area contributed by atoms with Crippen molar-refractivity contribution in [3.8, 4) is 0 Å². The van der Waals surface area contributed by atoms with Crippen molar-refractivity contribution in [1.82, 2.24) is 0 Å². The normalized spacial score (nSPS) is 11.6. The minimum Gasteiger partial charge on any atom is -0.462 e. The number of hydrogen-bond acceptors (Lipinski definition) is 8. The SMILES string of the molecule is CCOC(=O)/C(C=O)=C/c1cc(/C=C(\C=O)C(=O)OCC)c(N)cc1N. The lowest BCUT2D eigenvalue weighted by molar-refractivity contribution is -0.140. The summed E-state index contributed by atoms with van der Waals surface area (Å²) in [5.41, 5.74) is 12.3. The van der Waals surface area contributed by atoms with Crippen LogP contribution in [0, 0.1) is 0 Å². The van der Waals surface area contributed by atoms with E-state index in [1.54, 1.807) is 13.8 Å². The van der Waals surface area contributed by atoms with Gasteiger partial charge >= 0.3 is 11.9 Å². The molecule has 0 saturated carbocycles. The van der Waals surface area contributed by atoms with E-state index in [1.807, 2.05) is 0 Å². The first kappa shape index (κ1) is 20.6. The monoisotopic (exact) mass is 360 g/mol. The van der Waals surface area contributed by atoms with Crippen molar-refractivity contribution in [2.45, 2.75) is 13.8 Å². The average Bonchev–Trinajstić information content (AvgIpc) is 2.60. The summed E-state index contributed by atoms with van der Waals surface area (Å²) >= 11 is 0. The highest BCUT2D eigenvalue weighted by atomic mass is 16.5. The highest BCUT2D eigenvalue weighted by Crippen LogP contribution is 2.25. The number of aldehydes is 2. The van der Waals surface area contributed by atoms with E-state index < -0.39 is 11.9 Å². The summed E-state index contributed by atoms with van der Waals surface area (Å²) in [6.45, 7) is 3.43. The van der Waals surface area contributed by atoms with Gasteiger partial charge in [-0.1, -0.05) is 0 Å². The van der Waals surface area contributed by atoms with Gasteiger partial charge in [0.2, 0.25) is 0 Å². The summed E-state index contributed by atoms with van der Waals surface area (Å²) in [5.74, 6) is -1.59. The number of rotatable bonds is 8. The largest absolute Gasteiger partial charge is 0.462 e. The second-order valence-corrected chi connectivity index (χ2v) is 4.99. The van der Waals surface area contributed by atoms with Crippen LogP contribution in [-0.2, 0) is 28.7 Å². The number of hydrogen-bond donors (Lipinski definition) is 2. The van der Waals surface area contributed by atoms with Crippen molar-refractivity contribution in [3.63, 3.8) is 0 Å². The van der Waals surface area contributed by atoms with Crippen LogP contribution in [0.3, 0.4) is 0 Å². The molecule has 0 spiro atoms. The van der Waals surface area contributed by atoms with Crippen molar-refractivity contribution in [3.05, 3.63) is 34.4 Å². The lowest BCUT2D eigenvalue weighted by Crippen LogP contribution is -2.09. The number of esters is 2. The third-order valence-electron chi connectivity index (χ3n) is 3.19. The number of carbonyl (C=O) groups excluding carboxylic acids is 4. The number of ether oxygens (including phenoxy) is 2. The molecule has 0 aliphatic carbocycles. The maximum absolute atomic E-state index is 11.7. The highest BCUT2D eigenvalue weighted by molar-refractivity contribution is 6.13. The lowest BCUT2D eigenvalue weighted by atomic mass is 10.0. The van der Waals surface area contributed by atoms with Gasteiger partial charge in [0.15, 0.2) is 12.6 Å². The average molecular weight is 360 g/mol. The molecule has 4 N–H and O–H groups in total. The van der Waals surface area contributed by atoms with Gasteiger partial charge in [0.05, 0.1) is 13.2 Å². The second kappa shape index (κ2) is 9.77. The Morgan fingerprint density at radius 3 is 1.54 bits per heavy atom. The number of nitrogens with two attached hydrogens (primary N) is 2. The fraction of sp³-hybridized carbons (Fsp3) is 0.222. The van der Waals surface area contributed by atoms with Crippen LogP contribution in [0.1, 0.15) is 25.0 Å². The molecule has 1 rings (SSSR count). The van der Waals surface area contributed by atoms with Crippen LogP contribution in [0.15, 0.2) is 23.3 Å². The van der Waals surface area contributed by atoms with Gasteiger partial charge in [0.25, 0.3) is 0 Å². The minimum atomic E-state index is -0.795. The molecule has 0 aliphatic rings. The van der Waals surface area contributed by atoms with Crippen molar-refractivity contribution in [2.75, 3.05) is 24.7 Å². The smallest absolute Gasteiger partial charge is 0.341 e. The van der Waals surface area contributed by atoms with Gasteiger partial charge in [-0.3, -0.25) is 9.59 Å². The molecule has 1 aromatic rings. The highest BCUT2D eigenvalue weighted by Gasteiger charge is 2.14. The molecule has 26 heavy (non-hydrogen) atoms. The summed E-state index contributed by atoms with van der Waals surface area (Å²) in [5, 5.41) is 0. The van der Waals surface area contributed by atoms with Crippen molar-refractivity contribution in [2.24, 2.45) is 0 Å². The first-order valence-electron chi connectivity index (χ1n) is 7.74. The molecule has 0 unspecified atom stereocenters. The summed E-state index contributed by atoms with van der Waals surface area (Å²) in [6, 6.07) is 2.83. The maximum atomic E-state index is 11.7. The molecule has 0 saturated heterocycles. The standard InChI is InChI=1S/C18H20N2O6/c1-3-25-17(23)13(9-21)6-11-5-12(16(20)8-15(11)19)7-14(10-22)18(24)26-4-2/h5-10H,3-4,19-20H2,1-2H3/b13-6+,14-7+. The van der Waals surface area contributed by atoms with E-state index in [9.17, 15) is 19.2 Å². The van der Waals surface area contributed by atoms with Crippen molar-refractivity contribution < 1.29 is 28.7 Å². The van der Waals surface area contributed by atoms with Gasteiger partial charge in [0.1, 0.15) is 11.1 Å². The van der Waals surface area contributed by atoms with Crippen molar-refractivity contribution in [1.29, 1.82) is 0 Å². The number of nitrogen functional groups attached to an aromatic ring is 2. The van der Waals surface area contributed by atoms with Crippen LogP contribution in [0.5, 0.6) is 0 Å². The van der Waals surface area contributed by atoms with Gasteiger partial charge < -0.3 is 20.9 Å². The summed E-state index contributed by atoms with van der Waals surface area (Å²) < 4.78 is 9.56. The third-order valence-corrected chi connectivity index (χ3v) is 3.19. The second-order valence-electron chi connectivity index (χ2n) is 4.99. The van der Waals surface area contributed by atoms with E-state index in [2.05, 4.69) is 0 Å². The third kappa shape index (κ3) is 5.30. The fourth-order valence-corrected chi connectivity index (χ4v) is 1.96. The van der Waals surface area contributed by atoms with Gasteiger partial charge in [-0.15, -0.1) is 0 Å². The lowest BCUT2D eigenvalue weighted by Gasteiger charge is -2.09. The van der Waals surface area contributed by atoms with Crippen LogP contribution < -0.4 is 11.5 Å². The van der Waals surface area contributed by atoms with Crippen molar-refractivity contribution >= 4 is 48.0 Å². The van der Waals surface area contributed by atoms with Gasteiger partial charge in [-0.05, 0) is 49.3 Å². The van der Waals surface area contributed by atoms with Crippen LogP contribution in [-0.4, -0.2) is 37.7 Å². The molecular formula is C18H20N2O6. The number of benzene rings is 1. The van der Waals surface area contributed by atoms with Crippen LogP contribution >= 0.6 is 0 Å². The molecule has 0 bridgehead atoms. The molecule has 0 aliphatic heterocycles. The Balaban J connectivity index is 3.40. The van der Waals surface area contributed by atoms with Gasteiger partial charge in [-0.25, -0.2) is 9.59 Å². The first-order chi connectivity index (χ1) is 12.4. The Labute approximate surface area is 150 Å². The molecule has 0 fully saturated rings. The van der Waals surface area contributed by atoms with Crippen LogP contribution in [0.25, 0.3) is 12.2 Å². The Kier molecular flexibility index (Phi) is 7.75. The molecule has 0 heterocycles. The van der Waals surface area contributed by atoms with E-state index >= 15 is 0 Å². The van der Waals surface area contributed by atoms with E-state index in [0.29, 0.717) is 23.7 Å². The molecule has 0 aromatic heterocycles. The molecule has 138 valence electrons.